The molecule has 0 aromatic heterocycles. The van der Waals surface area contributed by atoms with Gasteiger partial charge in [0.15, 0.2) is 6.29 Å². The van der Waals surface area contributed by atoms with Crippen molar-refractivity contribution in [3.63, 3.8) is 0 Å². The van der Waals surface area contributed by atoms with Crippen LogP contribution in [0, 0.1) is 0 Å². The molecule has 0 N–H and O–H groups in total. The molecule has 0 bridgehead atoms. The van der Waals surface area contributed by atoms with Gasteiger partial charge in [0.05, 0.1) is 0 Å². The van der Waals surface area contributed by atoms with Crippen LogP contribution in [0.5, 0.6) is 0 Å². The minimum atomic E-state index is 0.428. The molecule has 0 saturated heterocycles. The first kappa shape index (κ1) is 8.91. The van der Waals surface area contributed by atoms with Crippen molar-refractivity contribution >= 4 is 39.0 Å². The molecule has 0 aliphatic rings. The molecule has 0 aromatic rings. The van der Waals surface area contributed by atoms with Crippen LogP contribution < -0.4 is 0 Å². The van der Waals surface area contributed by atoms with Crippen molar-refractivity contribution in [1.29, 1.82) is 0 Å². The fourth-order valence-corrected chi connectivity index (χ4v) is 1.10. The van der Waals surface area contributed by atoms with Crippen molar-refractivity contribution in [3.05, 3.63) is 10.4 Å². The van der Waals surface area contributed by atoms with Crippen LogP contribution in [0.2, 0.25) is 0 Å². The van der Waals surface area contributed by atoms with E-state index in [1.54, 1.807) is 7.05 Å². The summed E-state index contributed by atoms with van der Waals surface area (Å²) in [5.74, 6) is 0. The first-order chi connectivity index (χ1) is 4.20. The zero-order valence-corrected chi connectivity index (χ0v) is 7.33. The van der Waals surface area contributed by atoms with E-state index in [9.17, 15) is 4.79 Å². The highest BCUT2D eigenvalue weighted by Crippen LogP contribution is 2.19. The molecule has 0 amide bonds. The molecular weight excluding hydrogens is 202 g/mol. The van der Waals surface area contributed by atoms with E-state index in [0.717, 1.165) is 0 Å². The molecule has 0 aliphatic carbocycles. The van der Waals surface area contributed by atoms with Gasteiger partial charge in [-0.1, -0.05) is 18.3 Å². The Balaban J connectivity index is 3.86. The van der Waals surface area contributed by atoms with E-state index in [2.05, 4.69) is 27.5 Å². The lowest BCUT2D eigenvalue weighted by molar-refractivity contribution is -0.102. The summed E-state index contributed by atoms with van der Waals surface area (Å²) in [4.78, 5) is 13.7. The van der Waals surface area contributed by atoms with Crippen molar-refractivity contribution in [1.82, 2.24) is 0 Å². The number of halogens is 1. The second kappa shape index (κ2) is 4.76. The summed E-state index contributed by atoms with van der Waals surface area (Å²) < 4.78 is 0.690. The van der Waals surface area contributed by atoms with E-state index in [4.69, 9.17) is 0 Å². The fraction of sp³-hybridized carbons (Fsp3) is 0.200. The Kier molecular flexibility index (Phi) is 4.71. The number of hydrogen-bond acceptors (Lipinski definition) is 3. The van der Waals surface area contributed by atoms with Crippen LogP contribution in [-0.4, -0.2) is 18.4 Å². The van der Waals surface area contributed by atoms with Gasteiger partial charge in [0, 0.05) is 10.9 Å². The van der Waals surface area contributed by atoms with Gasteiger partial charge in [-0.2, -0.15) is 0 Å². The molecule has 9 heavy (non-hydrogen) atoms. The largest absolute Gasteiger partial charge is 0.296 e. The highest BCUT2D eigenvalue weighted by Gasteiger charge is 1.95. The summed E-state index contributed by atoms with van der Waals surface area (Å²) in [6.45, 7) is 3.53. The van der Waals surface area contributed by atoms with Crippen LogP contribution in [0.1, 0.15) is 0 Å². The molecule has 2 nitrogen and oxygen atoms in total. The minimum absolute atomic E-state index is 0.428. The zero-order valence-electron chi connectivity index (χ0n) is 4.93. The third-order valence-corrected chi connectivity index (χ3v) is 1.73. The van der Waals surface area contributed by atoms with E-state index in [1.807, 2.05) is 0 Å². The number of aldehydes is 1. The smallest absolute Gasteiger partial charge is 0.174 e. The first-order valence-corrected chi connectivity index (χ1v) is 3.76. The molecule has 0 saturated carbocycles. The molecule has 0 unspecified atom stereocenters. The quantitative estimate of drug-likeness (QED) is 0.393. The normalized spacial score (nSPS) is 11.1. The molecule has 0 aliphatic heterocycles. The van der Waals surface area contributed by atoms with E-state index in [0.29, 0.717) is 15.1 Å². The molecule has 0 aromatic carbocycles. The summed E-state index contributed by atoms with van der Waals surface area (Å²) >= 11 is 4.29. The van der Waals surface area contributed by atoms with Gasteiger partial charge in [0.2, 0.25) is 0 Å². The van der Waals surface area contributed by atoms with Gasteiger partial charge < -0.3 is 0 Å². The van der Waals surface area contributed by atoms with Crippen molar-refractivity contribution in [3.8, 4) is 0 Å². The third-order valence-electron chi connectivity index (χ3n) is 0.537. The van der Waals surface area contributed by atoms with Gasteiger partial charge in [-0.05, 0) is 15.9 Å². The van der Waals surface area contributed by atoms with Crippen LogP contribution in [0.4, 0.5) is 0 Å². The molecule has 0 atom stereocenters. The highest BCUT2D eigenvalue weighted by molar-refractivity contribution is 9.14. The van der Waals surface area contributed by atoms with Gasteiger partial charge in [-0.15, -0.1) is 0 Å². The van der Waals surface area contributed by atoms with Gasteiger partial charge in [-0.25, -0.2) is 0 Å². The fourth-order valence-electron chi connectivity index (χ4n) is 0.236. The maximum Gasteiger partial charge on any atom is 0.174 e. The van der Waals surface area contributed by atoms with Crippen molar-refractivity contribution in [2.45, 2.75) is 0 Å². The van der Waals surface area contributed by atoms with Crippen molar-refractivity contribution in [2.75, 3.05) is 7.05 Å². The van der Waals surface area contributed by atoms with E-state index >= 15 is 0 Å². The second-order valence-electron chi connectivity index (χ2n) is 1.14. The van der Waals surface area contributed by atoms with Crippen molar-refractivity contribution < 1.29 is 4.79 Å². The standard InChI is InChI=1S/C5H6BrNOS/c1-4(6)9-5(3-8)7-2/h3H,1H2,2H3. The van der Waals surface area contributed by atoms with Gasteiger partial charge in [-0.3, -0.25) is 9.79 Å². The maximum atomic E-state index is 10.1. The molecule has 50 valence electrons. The SMILES string of the molecule is C=C(Br)SC(C=O)=NC. The Morgan fingerprint density at radius 1 is 1.89 bits per heavy atom. The third kappa shape index (κ3) is 4.42. The minimum Gasteiger partial charge on any atom is -0.296 e. The predicted octanol–water partition coefficient (Wildman–Crippen LogP) is 1.81. The number of carbonyl (C=O) groups excluding carboxylic acids is 1. The molecule has 0 heterocycles. The average Bonchev–Trinajstić information content (AvgIpc) is 1.82. The zero-order chi connectivity index (χ0) is 7.28. The number of carbonyl (C=O) groups is 1. The lowest BCUT2D eigenvalue weighted by atomic mass is 10.8. The Morgan fingerprint density at radius 3 is 2.56 bits per heavy atom. The summed E-state index contributed by atoms with van der Waals surface area (Å²) in [6, 6.07) is 0. The summed E-state index contributed by atoms with van der Waals surface area (Å²) in [7, 11) is 1.56. The average molecular weight is 208 g/mol. The Morgan fingerprint density at radius 2 is 2.44 bits per heavy atom. The number of thioether (sulfide) groups is 1. The number of rotatable bonds is 2. The van der Waals surface area contributed by atoms with Crippen molar-refractivity contribution in [2.24, 2.45) is 4.99 Å². The van der Waals surface area contributed by atoms with E-state index in [1.165, 1.54) is 11.8 Å². The summed E-state index contributed by atoms with van der Waals surface area (Å²) in [5.41, 5.74) is 0. The van der Waals surface area contributed by atoms with Gasteiger partial charge in [0.25, 0.3) is 0 Å². The first-order valence-electron chi connectivity index (χ1n) is 2.15. The second-order valence-corrected chi connectivity index (χ2v) is 3.73. The highest BCUT2D eigenvalue weighted by atomic mass is 79.9. The molecule has 0 rings (SSSR count). The van der Waals surface area contributed by atoms with E-state index < -0.39 is 0 Å². The molecular formula is C5H6BrNOS. The number of hydrogen-bond donors (Lipinski definition) is 0. The number of nitrogens with zero attached hydrogens (tertiary/aromatic N) is 1. The lowest BCUT2D eigenvalue weighted by Gasteiger charge is -1.91. The van der Waals surface area contributed by atoms with Crippen LogP contribution >= 0.6 is 27.7 Å². The van der Waals surface area contributed by atoms with Gasteiger partial charge >= 0.3 is 0 Å². The lowest BCUT2D eigenvalue weighted by Crippen LogP contribution is -1.90. The Hall–Kier alpha value is -0.0900. The maximum absolute atomic E-state index is 10.1. The monoisotopic (exact) mass is 207 g/mol. The Labute approximate surface area is 66.6 Å². The van der Waals surface area contributed by atoms with Crippen LogP contribution in [0.15, 0.2) is 15.4 Å². The summed E-state index contributed by atoms with van der Waals surface area (Å²) in [5, 5.41) is 0.428. The molecule has 0 spiro atoms. The number of aliphatic imine (C=N–C) groups is 1. The van der Waals surface area contributed by atoms with Crippen LogP contribution in [0.25, 0.3) is 0 Å². The van der Waals surface area contributed by atoms with E-state index in [-0.39, 0.29) is 0 Å². The molecule has 0 fully saturated rings. The molecule has 0 radical (unpaired) electrons. The van der Waals surface area contributed by atoms with Crippen LogP contribution in [-0.2, 0) is 4.79 Å². The Bertz CT molecular complexity index is 155. The summed E-state index contributed by atoms with van der Waals surface area (Å²) in [6.07, 6.45) is 0.692. The molecule has 4 heteroatoms. The van der Waals surface area contributed by atoms with Crippen LogP contribution in [0.3, 0.4) is 0 Å². The topological polar surface area (TPSA) is 29.4 Å². The predicted molar refractivity (Wildman–Crippen MR) is 45.1 cm³/mol. The van der Waals surface area contributed by atoms with Gasteiger partial charge in [0.1, 0.15) is 5.04 Å².